The predicted octanol–water partition coefficient (Wildman–Crippen LogP) is 3.30. The van der Waals surface area contributed by atoms with Crippen LogP contribution in [0.5, 0.6) is 0 Å². The van der Waals surface area contributed by atoms with Crippen LogP contribution in [0, 0.1) is 5.41 Å². The summed E-state index contributed by atoms with van der Waals surface area (Å²) in [6.45, 7) is 0. The Morgan fingerprint density at radius 3 is 2.40 bits per heavy atom. The molecule has 0 saturated heterocycles. The van der Waals surface area contributed by atoms with E-state index in [1.807, 2.05) is 11.8 Å². The zero-order chi connectivity index (χ0) is 7.45. The molecule has 1 rings (SSSR count). The van der Waals surface area contributed by atoms with Crippen molar-refractivity contribution in [2.75, 3.05) is 17.3 Å². The zero-order valence-corrected chi connectivity index (χ0v) is 8.93. The summed E-state index contributed by atoms with van der Waals surface area (Å²) in [7, 11) is 0. The second-order valence-corrected chi connectivity index (χ2v) is 4.70. The summed E-state index contributed by atoms with van der Waals surface area (Å²) < 4.78 is 0. The van der Waals surface area contributed by atoms with Gasteiger partial charge < -0.3 is 0 Å². The maximum Gasteiger partial charge on any atom is 0.00958 e. The Morgan fingerprint density at radius 2 is 2.00 bits per heavy atom. The van der Waals surface area contributed by atoms with Crippen LogP contribution in [0.1, 0.15) is 25.7 Å². The van der Waals surface area contributed by atoms with Crippen LogP contribution in [0.15, 0.2) is 0 Å². The molecule has 60 valence electrons. The molecule has 0 aromatic heterocycles. The molecular weight excluding hydrogens is 208 g/mol. The van der Waals surface area contributed by atoms with Gasteiger partial charge in [0.25, 0.3) is 0 Å². The Bertz CT molecular complexity index is 97.4. The zero-order valence-electron chi connectivity index (χ0n) is 6.53. The van der Waals surface area contributed by atoms with E-state index < -0.39 is 0 Å². The number of rotatable bonds is 3. The van der Waals surface area contributed by atoms with Gasteiger partial charge in [0.05, 0.1) is 0 Å². The maximum atomic E-state index is 3.62. The van der Waals surface area contributed by atoms with Gasteiger partial charge in [0.15, 0.2) is 0 Å². The van der Waals surface area contributed by atoms with Gasteiger partial charge in [0.2, 0.25) is 0 Å². The van der Waals surface area contributed by atoms with Crippen molar-refractivity contribution in [3.05, 3.63) is 0 Å². The van der Waals surface area contributed by atoms with Crippen molar-refractivity contribution in [2.45, 2.75) is 25.7 Å². The molecule has 0 aromatic carbocycles. The molecule has 0 unspecified atom stereocenters. The molecule has 0 heterocycles. The minimum Gasteiger partial charge on any atom is -0.165 e. The van der Waals surface area contributed by atoms with Crippen molar-refractivity contribution < 1.29 is 0 Å². The molecular formula is C8H15BrS. The molecule has 0 N–H and O–H groups in total. The minimum atomic E-state index is 0.666. The van der Waals surface area contributed by atoms with E-state index in [1.165, 1.54) is 36.8 Å². The predicted molar refractivity (Wildman–Crippen MR) is 53.1 cm³/mol. The highest BCUT2D eigenvalue weighted by Crippen LogP contribution is 2.41. The van der Waals surface area contributed by atoms with E-state index in [1.54, 1.807) is 0 Å². The topological polar surface area (TPSA) is 0 Å². The first-order valence-corrected chi connectivity index (χ1v) is 6.39. The third kappa shape index (κ3) is 1.91. The second-order valence-electron chi connectivity index (χ2n) is 3.27. The summed E-state index contributed by atoms with van der Waals surface area (Å²) in [5.41, 5.74) is 0.666. The lowest BCUT2D eigenvalue weighted by Gasteiger charge is -2.24. The summed E-state index contributed by atoms with van der Waals surface area (Å²) in [5.74, 6) is 1.35. The third-order valence-corrected chi connectivity index (χ3v) is 4.49. The van der Waals surface area contributed by atoms with E-state index in [2.05, 4.69) is 22.2 Å². The monoisotopic (exact) mass is 222 g/mol. The number of hydrogen-bond donors (Lipinski definition) is 0. The van der Waals surface area contributed by atoms with Gasteiger partial charge in [-0.3, -0.25) is 0 Å². The molecule has 0 aliphatic heterocycles. The Morgan fingerprint density at radius 1 is 1.40 bits per heavy atom. The van der Waals surface area contributed by atoms with E-state index in [0.29, 0.717) is 5.41 Å². The van der Waals surface area contributed by atoms with Crippen molar-refractivity contribution in [1.29, 1.82) is 0 Å². The molecule has 0 nitrogen and oxygen atoms in total. The first-order valence-electron chi connectivity index (χ1n) is 3.88. The number of thioether (sulfide) groups is 1. The van der Waals surface area contributed by atoms with Gasteiger partial charge in [-0.05, 0) is 30.3 Å². The Labute approximate surface area is 76.3 Å². The lowest BCUT2D eigenvalue weighted by Crippen LogP contribution is -2.20. The van der Waals surface area contributed by atoms with Crippen LogP contribution in [0.3, 0.4) is 0 Å². The van der Waals surface area contributed by atoms with Crippen molar-refractivity contribution >= 4 is 27.7 Å². The van der Waals surface area contributed by atoms with Gasteiger partial charge in [-0.25, -0.2) is 0 Å². The summed E-state index contributed by atoms with van der Waals surface area (Å²) in [6.07, 6.45) is 8.00. The number of alkyl halides is 1. The lowest BCUT2D eigenvalue weighted by atomic mass is 9.92. The minimum absolute atomic E-state index is 0.666. The van der Waals surface area contributed by atoms with E-state index in [-0.39, 0.29) is 0 Å². The summed E-state index contributed by atoms with van der Waals surface area (Å²) in [4.78, 5) is 0. The molecule has 10 heavy (non-hydrogen) atoms. The first kappa shape index (κ1) is 8.92. The van der Waals surface area contributed by atoms with Gasteiger partial charge in [-0.1, -0.05) is 28.8 Å². The molecule has 0 aromatic rings. The molecule has 1 aliphatic carbocycles. The van der Waals surface area contributed by atoms with Crippen LogP contribution in [0.4, 0.5) is 0 Å². The van der Waals surface area contributed by atoms with E-state index in [9.17, 15) is 0 Å². The normalized spacial score (nSPS) is 23.4. The fourth-order valence-corrected chi connectivity index (χ4v) is 3.77. The number of hydrogen-bond acceptors (Lipinski definition) is 1. The maximum absolute atomic E-state index is 3.62. The van der Waals surface area contributed by atoms with Gasteiger partial charge in [-0.15, -0.1) is 0 Å². The van der Waals surface area contributed by atoms with Gasteiger partial charge in [-0.2, -0.15) is 11.8 Å². The lowest BCUT2D eigenvalue weighted by molar-refractivity contribution is 0.406. The smallest absolute Gasteiger partial charge is 0.00958 e. The van der Waals surface area contributed by atoms with E-state index >= 15 is 0 Å². The van der Waals surface area contributed by atoms with Crippen LogP contribution < -0.4 is 0 Å². The summed E-state index contributed by atoms with van der Waals surface area (Å²) in [6, 6.07) is 0. The van der Waals surface area contributed by atoms with Crippen LogP contribution in [-0.4, -0.2) is 17.3 Å². The van der Waals surface area contributed by atoms with Crippen LogP contribution in [-0.2, 0) is 0 Å². The van der Waals surface area contributed by atoms with Crippen LogP contribution >= 0.6 is 27.7 Å². The van der Waals surface area contributed by atoms with Gasteiger partial charge >= 0.3 is 0 Å². The van der Waals surface area contributed by atoms with Gasteiger partial charge in [0.1, 0.15) is 0 Å². The first-order chi connectivity index (χ1) is 4.83. The highest BCUT2D eigenvalue weighted by Gasteiger charge is 2.31. The SMILES string of the molecule is CSCC1(CBr)CCCC1. The quantitative estimate of drug-likeness (QED) is 0.661. The average molecular weight is 223 g/mol. The molecule has 1 aliphatic rings. The van der Waals surface area contributed by atoms with Crippen LogP contribution in [0.2, 0.25) is 0 Å². The molecule has 0 spiro atoms. The number of halogens is 1. The Hall–Kier alpha value is 0.830. The fraction of sp³-hybridized carbons (Fsp3) is 1.00. The molecule has 1 fully saturated rings. The average Bonchev–Trinajstić information content (AvgIpc) is 2.39. The molecule has 0 amide bonds. The standard InChI is InChI=1S/C8H15BrS/c1-10-7-8(6-9)4-2-3-5-8/h2-7H2,1H3. The largest absolute Gasteiger partial charge is 0.165 e. The Balaban J connectivity index is 2.41. The summed E-state index contributed by atoms with van der Waals surface area (Å²) in [5, 5.41) is 1.21. The summed E-state index contributed by atoms with van der Waals surface area (Å²) >= 11 is 5.61. The molecule has 0 bridgehead atoms. The van der Waals surface area contributed by atoms with Crippen molar-refractivity contribution in [2.24, 2.45) is 5.41 Å². The Kier molecular flexibility index (Phi) is 3.58. The van der Waals surface area contributed by atoms with Crippen molar-refractivity contribution in [3.8, 4) is 0 Å². The highest BCUT2D eigenvalue weighted by molar-refractivity contribution is 9.09. The molecule has 1 saturated carbocycles. The molecule has 0 atom stereocenters. The highest BCUT2D eigenvalue weighted by atomic mass is 79.9. The van der Waals surface area contributed by atoms with E-state index in [0.717, 1.165) is 0 Å². The molecule has 2 heteroatoms. The fourth-order valence-electron chi connectivity index (χ4n) is 1.75. The van der Waals surface area contributed by atoms with Crippen molar-refractivity contribution in [3.63, 3.8) is 0 Å². The van der Waals surface area contributed by atoms with Crippen molar-refractivity contribution in [1.82, 2.24) is 0 Å². The molecule has 0 radical (unpaired) electrons. The van der Waals surface area contributed by atoms with E-state index in [4.69, 9.17) is 0 Å². The second kappa shape index (κ2) is 4.01. The third-order valence-electron chi connectivity index (χ3n) is 2.40. The van der Waals surface area contributed by atoms with Crippen LogP contribution in [0.25, 0.3) is 0 Å². The van der Waals surface area contributed by atoms with Gasteiger partial charge in [0, 0.05) is 5.33 Å².